The number of nitrogens with zero attached hydrogens (tertiary/aromatic N) is 2. The van der Waals surface area contributed by atoms with Gasteiger partial charge >= 0.3 is 0 Å². The van der Waals surface area contributed by atoms with Crippen LogP contribution in [-0.4, -0.2) is 33.6 Å². The fourth-order valence-corrected chi connectivity index (χ4v) is 4.65. The van der Waals surface area contributed by atoms with Crippen molar-refractivity contribution in [2.45, 2.75) is 64.8 Å². The largest absolute Gasteiger partial charge is 0.345 e. The first-order chi connectivity index (χ1) is 11.4. The molecule has 0 bridgehead atoms. The molecule has 128 valence electrons. The van der Waals surface area contributed by atoms with Crippen molar-refractivity contribution in [1.82, 2.24) is 9.47 Å². The zero-order valence-electron chi connectivity index (χ0n) is 14.4. The Morgan fingerprint density at radius 1 is 1.21 bits per heavy atom. The van der Waals surface area contributed by atoms with Crippen molar-refractivity contribution < 1.29 is 14.4 Å². The molecule has 5 nitrogen and oxygen atoms in total. The summed E-state index contributed by atoms with van der Waals surface area (Å²) in [6.07, 6.45) is 6.20. The third-order valence-electron chi connectivity index (χ3n) is 6.05. The average Bonchev–Trinajstić information content (AvgIpc) is 3.11. The highest BCUT2D eigenvalue weighted by molar-refractivity contribution is 6.10. The smallest absolute Gasteiger partial charge is 0.236 e. The predicted octanol–water partition coefficient (Wildman–Crippen LogP) is 2.94. The van der Waals surface area contributed by atoms with Gasteiger partial charge in [-0.3, -0.25) is 19.3 Å². The molecule has 1 aliphatic heterocycles. The fourth-order valence-electron chi connectivity index (χ4n) is 4.65. The lowest BCUT2D eigenvalue weighted by atomic mass is 9.84. The Bertz CT molecular complexity index is 736. The van der Waals surface area contributed by atoms with Crippen LogP contribution in [0.1, 0.15) is 72.7 Å². The zero-order valence-corrected chi connectivity index (χ0v) is 14.4. The Balaban J connectivity index is 1.55. The Kier molecular flexibility index (Phi) is 3.44. The number of amides is 2. The third kappa shape index (κ3) is 2.25. The van der Waals surface area contributed by atoms with Gasteiger partial charge in [-0.05, 0) is 45.6 Å². The molecular weight excluding hydrogens is 304 g/mol. The summed E-state index contributed by atoms with van der Waals surface area (Å²) in [4.78, 5) is 39.0. The molecule has 1 aromatic rings. The molecule has 0 atom stereocenters. The quantitative estimate of drug-likeness (QED) is 0.631. The lowest BCUT2D eigenvalue weighted by Gasteiger charge is -2.20. The molecule has 3 fully saturated rings. The van der Waals surface area contributed by atoms with Crippen molar-refractivity contribution in [2.24, 2.45) is 5.41 Å². The van der Waals surface area contributed by atoms with Gasteiger partial charge in [-0.2, -0.15) is 0 Å². The number of ketones is 1. The first-order valence-electron chi connectivity index (χ1n) is 8.99. The standard InChI is InChI=1S/C19H24N2O3/c1-12-9-15(13(2)21(12)14-5-6-14)16(22)11-20-17(23)10-19(18(20)24)7-3-4-8-19/h9,14H,3-8,10-11H2,1-2H3. The topological polar surface area (TPSA) is 59.4 Å². The van der Waals surface area contributed by atoms with Gasteiger partial charge in [0.05, 0.1) is 12.0 Å². The van der Waals surface area contributed by atoms with Crippen LogP contribution >= 0.6 is 0 Å². The molecule has 2 saturated carbocycles. The van der Waals surface area contributed by atoms with Gasteiger partial charge in [0, 0.05) is 29.4 Å². The Hall–Kier alpha value is -1.91. The number of hydrogen-bond donors (Lipinski definition) is 0. The van der Waals surface area contributed by atoms with E-state index in [1.807, 2.05) is 19.9 Å². The maximum atomic E-state index is 12.8. The molecule has 24 heavy (non-hydrogen) atoms. The molecule has 2 heterocycles. The van der Waals surface area contributed by atoms with Crippen molar-refractivity contribution >= 4 is 17.6 Å². The minimum absolute atomic E-state index is 0.103. The molecule has 2 aliphatic carbocycles. The Morgan fingerprint density at radius 3 is 2.50 bits per heavy atom. The average molecular weight is 328 g/mol. The maximum Gasteiger partial charge on any atom is 0.236 e. The minimum Gasteiger partial charge on any atom is -0.345 e. The normalized spacial score (nSPS) is 22.8. The third-order valence-corrected chi connectivity index (χ3v) is 6.05. The predicted molar refractivity (Wildman–Crippen MR) is 88.7 cm³/mol. The number of imide groups is 1. The lowest BCUT2D eigenvalue weighted by molar-refractivity contribution is -0.140. The molecular formula is C19H24N2O3. The van der Waals surface area contributed by atoms with Gasteiger partial charge in [0.15, 0.2) is 5.78 Å². The first-order valence-corrected chi connectivity index (χ1v) is 8.99. The summed E-state index contributed by atoms with van der Waals surface area (Å²) in [5.41, 5.74) is 2.22. The summed E-state index contributed by atoms with van der Waals surface area (Å²) in [6, 6.07) is 2.43. The number of aromatic nitrogens is 1. The molecule has 0 aromatic carbocycles. The van der Waals surface area contributed by atoms with Gasteiger partial charge in [-0.25, -0.2) is 0 Å². The van der Waals surface area contributed by atoms with Crippen LogP contribution < -0.4 is 0 Å². The van der Waals surface area contributed by atoms with E-state index in [0.717, 1.165) is 49.9 Å². The summed E-state index contributed by atoms with van der Waals surface area (Å²) in [5.74, 6) is -0.410. The van der Waals surface area contributed by atoms with Crippen molar-refractivity contribution in [3.8, 4) is 0 Å². The second-order valence-electron chi connectivity index (χ2n) is 7.76. The molecule has 0 unspecified atom stereocenters. The van der Waals surface area contributed by atoms with Gasteiger partial charge in [-0.1, -0.05) is 12.8 Å². The molecule has 0 N–H and O–H groups in total. The summed E-state index contributed by atoms with van der Waals surface area (Å²) < 4.78 is 2.22. The van der Waals surface area contributed by atoms with Crippen LogP contribution in [-0.2, 0) is 9.59 Å². The monoisotopic (exact) mass is 328 g/mol. The Morgan fingerprint density at radius 2 is 1.88 bits per heavy atom. The van der Waals surface area contributed by atoms with E-state index in [4.69, 9.17) is 0 Å². The van der Waals surface area contributed by atoms with Gasteiger partial charge in [0.1, 0.15) is 0 Å². The van der Waals surface area contributed by atoms with E-state index in [0.29, 0.717) is 18.0 Å². The highest BCUT2D eigenvalue weighted by Gasteiger charge is 2.52. The minimum atomic E-state index is -0.498. The van der Waals surface area contributed by atoms with E-state index >= 15 is 0 Å². The van der Waals surface area contributed by atoms with Crippen LogP contribution in [0.5, 0.6) is 0 Å². The van der Waals surface area contributed by atoms with E-state index in [1.54, 1.807) is 0 Å². The number of likely N-dealkylation sites (tertiary alicyclic amines) is 1. The van der Waals surface area contributed by atoms with Crippen LogP contribution in [0, 0.1) is 19.3 Å². The van der Waals surface area contributed by atoms with E-state index in [9.17, 15) is 14.4 Å². The summed E-state index contributed by atoms with van der Waals surface area (Å²) in [6.45, 7) is 3.88. The van der Waals surface area contributed by atoms with Crippen LogP contribution in [0.15, 0.2) is 6.07 Å². The number of Topliss-reactive ketones (excluding diaryl/α,β-unsaturated/α-hetero) is 1. The number of rotatable bonds is 4. The molecule has 1 saturated heterocycles. The van der Waals surface area contributed by atoms with Gasteiger partial charge < -0.3 is 4.57 Å². The lowest BCUT2D eigenvalue weighted by Crippen LogP contribution is -2.38. The fraction of sp³-hybridized carbons (Fsp3) is 0.632. The number of carbonyl (C=O) groups excluding carboxylic acids is 3. The molecule has 4 rings (SSSR count). The SMILES string of the molecule is Cc1cc(C(=O)CN2C(=O)CC3(CCCC3)C2=O)c(C)n1C1CC1. The van der Waals surface area contributed by atoms with Crippen molar-refractivity contribution in [3.63, 3.8) is 0 Å². The first kappa shape index (κ1) is 15.6. The second-order valence-corrected chi connectivity index (χ2v) is 7.76. The Labute approximate surface area is 142 Å². The van der Waals surface area contributed by atoms with Crippen LogP contribution in [0.25, 0.3) is 0 Å². The van der Waals surface area contributed by atoms with Gasteiger partial charge in [0.25, 0.3) is 0 Å². The number of carbonyl (C=O) groups is 3. The second kappa shape index (κ2) is 5.30. The summed E-state index contributed by atoms with van der Waals surface area (Å²) in [5, 5.41) is 0. The van der Waals surface area contributed by atoms with Crippen LogP contribution in [0.3, 0.4) is 0 Å². The summed E-state index contributed by atoms with van der Waals surface area (Å²) >= 11 is 0. The molecule has 0 radical (unpaired) electrons. The molecule has 5 heteroatoms. The highest BCUT2D eigenvalue weighted by atomic mass is 16.2. The number of hydrogen-bond acceptors (Lipinski definition) is 3. The highest BCUT2D eigenvalue weighted by Crippen LogP contribution is 2.47. The molecule has 1 spiro atoms. The van der Waals surface area contributed by atoms with E-state index in [-0.39, 0.29) is 24.1 Å². The van der Waals surface area contributed by atoms with Crippen LogP contribution in [0.2, 0.25) is 0 Å². The van der Waals surface area contributed by atoms with E-state index in [1.165, 1.54) is 4.90 Å². The zero-order chi connectivity index (χ0) is 17.1. The van der Waals surface area contributed by atoms with E-state index in [2.05, 4.69) is 4.57 Å². The molecule has 3 aliphatic rings. The van der Waals surface area contributed by atoms with Crippen molar-refractivity contribution in [1.29, 1.82) is 0 Å². The van der Waals surface area contributed by atoms with Crippen LogP contribution in [0.4, 0.5) is 0 Å². The molecule has 2 amide bonds. The van der Waals surface area contributed by atoms with E-state index < -0.39 is 5.41 Å². The van der Waals surface area contributed by atoms with Gasteiger partial charge in [0.2, 0.25) is 11.8 Å². The number of aryl methyl sites for hydroxylation is 1. The maximum absolute atomic E-state index is 12.8. The molecule has 1 aromatic heterocycles. The van der Waals surface area contributed by atoms with Gasteiger partial charge in [-0.15, -0.1) is 0 Å². The van der Waals surface area contributed by atoms with Crippen molar-refractivity contribution in [2.75, 3.05) is 6.54 Å². The van der Waals surface area contributed by atoms with Crippen molar-refractivity contribution in [3.05, 3.63) is 23.0 Å². The summed E-state index contributed by atoms with van der Waals surface area (Å²) in [7, 11) is 0.